The summed E-state index contributed by atoms with van der Waals surface area (Å²) in [4.78, 5) is 0. The quantitative estimate of drug-likeness (QED) is 0.549. The third-order valence-electron chi connectivity index (χ3n) is 4.26. The van der Waals surface area contributed by atoms with E-state index >= 15 is 0 Å². The molecule has 1 rings (SSSR count). The molecule has 1 unspecified atom stereocenters. The highest BCUT2D eigenvalue weighted by molar-refractivity contribution is 9.10. The lowest BCUT2D eigenvalue weighted by atomic mass is 9.75. The summed E-state index contributed by atoms with van der Waals surface area (Å²) in [6, 6.07) is 8.68. The fourth-order valence-corrected chi connectivity index (χ4v) is 3.22. The number of nitrogens with one attached hydrogen (secondary N) is 1. The van der Waals surface area contributed by atoms with Crippen LogP contribution in [0, 0.1) is 5.41 Å². The number of rotatable bonds is 10. The minimum atomic E-state index is 0.398. The number of unbranched alkanes of at least 4 members (excludes halogenated alkanes) is 1. The van der Waals surface area contributed by atoms with Crippen LogP contribution in [0.15, 0.2) is 28.7 Å². The normalized spacial score (nSPS) is 14.2. The molecule has 0 heterocycles. The van der Waals surface area contributed by atoms with Gasteiger partial charge in [-0.25, -0.2) is 0 Å². The van der Waals surface area contributed by atoms with Gasteiger partial charge < -0.3 is 5.32 Å². The SMILES string of the molecule is CCCCC(CC)(CNCCC)Cc1ccccc1Br. The predicted octanol–water partition coefficient (Wildman–Crippen LogP) is 5.58. The van der Waals surface area contributed by atoms with Crippen LogP contribution < -0.4 is 5.32 Å². The van der Waals surface area contributed by atoms with E-state index in [1.165, 1.54) is 48.6 Å². The van der Waals surface area contributed by atoms with Crippen LogP contribution in [0.1, 0.15) is 58.4 Å². The highest BCUT2D eigenvalue weighted by Gasteiger charge is 2.28. The number of halogens is 1. The lowest BCUT2D eigenvalue weighted by molar-refractivity contribution is 0.229. The molecule has 1 atom stereocenters. The second kappa shape index (κ2) is 9.57. The second-order valence-corrected chi connectivity index (χ2v) is 6.76. The predicted molar refractivity (Wildman–Crippen MR) is 93.3 cm³/mol. The average Bonchev–Trinajstić information content (AvgIpc) is 2.47. The van der Waals surface area contributed by atoms with Crippen molar-refractivity contribution in [2.75, 3.05) is 13.1 Å². The van der Waals surface area contributed by atoms with Gasteiger partial charge in [0.2, 0.25) is 0 Å². The zero-order chi connectivity index (χ0) is 14.8. The largest absolute Gasteiger partial charge is 0.316 e. The highest BCUT2D eigenvalue weighted by atomic mass is 79.9. The Hall–Kier alpha value is -0.340. The van der Waals surface area contributed by atoms with Crippen LogP contribution in [0.2, 0.25) is 0 Å². The maximum absolute atomic E-state index is 3.71. The minimum Gasteiger partial charge on any atom is -0.316 e. The first kappa shape index (κ1) is 17.7. The molecule has 1 N–H and O–H groups in total. The maximum Gasteiger partial charge on any atom is 0.0207 e. The first-order valence-corrected chi connectivity index (χ1v) is 8.91. The smallest absolute Gasteiger partial charge is 0.0207 e. The number of hydrogen-bond acceptors (Lipinski definition) is 1. The van der Waals surface area contributed by atoms with Gasteiger partial charge in [-0.3, -0.25) is 0 Å². The van der Waals surface area contributed by atoms with E-state index in [4.69, 9.17) is 0 Å². The molecule has 0 aliphatic carbocycles. The lowest BCUT2D eigenvalue weighted by Gasteiger charge is -2.34. The van der Waals surface area contributed by atoms with E-state index in [2.05, 4.69) is 66.3 Å². The molecule has 0 radical (unpaired) electrons. The molecule has 20 heavy (non-hydrogen) atoms. The van der Waals surface area contributed by atoms with Crippen LogP contribution in [-0.2, 0) is 6.42 Å². The fourth-order valence-electron chi connectivity index (χ4n) is 2.79. The van der Waals surface area contributed by atoms with Crippen molar-refractivity contribution in [1.82, 2.24) is 5.32 Å². The summed E-state index contributed by atoms with van der Waals surface area (Å²) in [6.45, 7) is 9.14. The van der Waals surface area contributed by atoms with E-state index in [1.54, 1.807) is 0 Å². The van der Waals surface area contributed by atoms with Crippen molar-refractivity contribution in [3.8, 4) is 0 Å². The van der Waals surface area contributed by atoms with Gasteiger partial charge in [-0.05, 0) is 49.3 Å². The Morgan fingerprint density at radius 3 is 2.45 bits per heavy atom. The Morgan fingerprint density at radius 2 is 1.85 bits per heavy atom. The standard InChI is InChI=1S/C18H30BrN/c1-4-7-12-18(6-3,15-20-13-5-2)14-16-10-8-9-11-17(16)19/h8-11,20H,4-7,12-15H2,1-3H3. The molecule has 0 aliphatic rings. The van der Waals surface area contributed by atoms with Crippen LogP contribution in [0.5, 0.6) is 0 Å². The van der Waals surface area contributed by atoms with Gasteiger partial charge in [0.1, 0.15) is 0 Å². The first-order chi connectivity index (χ1) is 9.67. The molecule has 0 aliphatic heterocycles. The molecular weight excluding hydrogens is 310 g/mol. The molecule has 0 saturated heterocycles. The summed E-state index contributed by atoms with van der Waals surface area (Å²) in [7, 11) is 0. The summed E-state index contributed by atoms with van der Waals surface area (Å²) >= 11 is 3.71. The molecule has 1 nitrogen and oxygen atoms in total. The van der Waals surface area contributed by atoms with Crippen LogP contribution >= 0.6 is 15.9 Å². The van der Waals surface area contributed by atoms with E-state index in [1.807, 2.05) is 0 Å². The van der Waals surface area contributed by atoms with E-state index in [-0.39, 0.29) is 0 Å². The summed E-state index contributed by atoms with van der Waals surface area (Å²) in [5.41, 5.74) is 1.85. The topological polar surface area (TPSA) is 12.0 Å². The molecule has 0 bridgehead atoms. The van der Waals surface area contributed by atoms with E-state index in [9.17, 15) is 0 Å². The first-order valence-electron chi connectivity index (χ1n) is 8.11. The fraction of sp³-hybridized carbons (Fsp3) is 0.667. The van der Waals surface area contributed by atoms with Crippen molar-refractivity contribution in [2.45, 2.75) is 59.3 Å². The van der Waals surface area contributed by atoms with Crippen molar-refractivity contribution in [2.24, 2.45) is 5.41 Å². The minimum absolute atomic E-state index is 0.398. The molecule has 1 aromatic carbocycles. The summed E-state index contributed by atoms with van der Waals surface area (Å²) < 4.78 is 1.25. The summed E-state index contributed by atoms with van der Waals surface area (Å²) in [5.74, 6) is 0. The Bertz CT molecular complexity index is 377. The Morgan fingerprint density at radius 1 is 1.10 bits per heavy atom. The molecule has 0 saturated carbocycles. The van der Waals surface area contributed by atoms with Crippen molar-refractivity contribution >= 4 is 15.9 Å². The van der Waals surface area contributed by atoms with Gasteiger partial charge in [0.05, 0.1) is 0 Å². The average molecular weight is 340 g/mol. The molecule has 0 fully saturated rings. The van der Waals surface area contributed by atoms with E-state index in [0.717, 1.165) is 13.1 Å². The molecule has 0 spiro atoms. The summed E-state index contributed by atoms with van der Waals surface area (Å²) in [5, 5.41) is 3.66. The number of hydrogen-bond donors (Lipinski definition) is 1. The van der Waals surface area contributed by atoms with Crippen LogP contribution in [0.4, 0.5) is 0 Å². The molecule has 0 aromatic heterocycles. The molecule has 114 valence electrons. The molecule has 0 amide bonds. The summed E-state index contributed by atoms with van der Waals surface area (Å²) in [6.07, 6.45) is 7.55. The van der Waals surface area contributed by atoms with Gasteiger partial charge in [0.25, 0.3) is 0 Å². The van der Waals surface area contributed by atoms with Gasteiger partial charge in [-0.1, -0.05) is 67.7 Å². The maximum atomic E-state index is 3.71. The van der Waals surface area contributed by atoms with Crippen molar-refractivity contribution in [3.05, 3.63) is 34.3 Å². The lowest BCUT2D eigenvalue weighted by Crippen LogP contribution is -2.36. The van der Waals surface area contributed by atoms with E-state index in [0.29, 0.717) is 5.41 Å². The van der Waals surface area contributed by atoms with Crippen LogP contribution in [0.3, 0.4) is 0 Å². The Labute approximate surface area is 133 Å². The third kappa shape index (κ3) is 5.57. The van der Waals surface area contributed by atoms with Gasteiger partial charge >= 0.3 is 0 Å². The third-order valence-corrected chi connectivity index (χ3v) is 5.03. The van der Waals surface area contributed by atoms with Gasteiger partial charge in [0.15, 0.2) is 0 Å². The van der Waals surface area contributed by atoms with E-state index < -0.39 is 0 Å². The zero-order valence-corrected chi connectivity index (χ0v) is 14.9. The van der Waals surface area contributed by atoms with Crippen molar-refractivity contribution in [3.63, 3.8) is 0 Å². The molecule has 1 aromatic rings. The van der Waals surface area contributed by atoms with Crippen molar-refractivity contribution in [1.29, 1.82) is 0 Å². The van der Waals surface area contributed by atoms with Crippen LogP contribution in [0.25, 0.3) is 0 Å². The second-order valence-electron chi connectivity index (χ2n) is 5.90. The van der Waals surface area contributed by atoms with Gasteiger partial charge in [-0.15, -0.1) is 0 Å². The van der Waals surface area contributed by atoms with Crippen molar-refractivity contribution < 1.29 is 0 Å². The van der Waals surface area contributed by atoms with Gasteiger partial charge in [0, 0.05) is 11.0 Å². The molecular formula is C18H30BrN. The molecule has 2 heteroatoms. The van der Waals surface area contributed by atoms with Crippen LogP contribution in [-0.4, -0.2) is 13.1 Å². The Kier molecular flexibility index (Phi) is 8.47. The van der Waals surface area contributed by atoms with Gasteiger partial charge in [-0.2, -0.15) is 0 Å². The Balaban J connectivity index is 2.81. The highest BCUT2D eigenvalue weighted by Crippen LogP contribution is 2.34. The number of benzene rings is 1. The monoisotopic (exact) mass is 339 g/mol. The zero-order valence-electron chi connectivity index (χ0n) is 13.3.